The highest BCUT2D eigenvalue weighted by molar-refractivity contribution is 7.87. The lowest BCUT2D eigenvalue weighted by atomic mass is 9.73. The third kappa shape index (κ3) is 5.87. The van der Waals surface area contributed by atoms with Crippen LogP contribution in [0.5, 0.6) is 0 Å². The Balaban J connectivity index is 1.55. The molecule has 0 amide bonds. The third-order valence-electron chi connectivity index (χ3n) is 9.02. The Bertz CT molecular complexity index is 1940. The van der Waals surface area contributed by atoms with Crippen LogP contribution in [-0.4, -0.2) is 18.4 Å². The van der Waals surface area contributed by atoms with Gasteiger partial charge in [-0.15, -0.1) is 0 Å². The smallest absolute Gasteiger partial charge is 0.340 e. The minimum Gasteiger partial charge on any atom is -0.462 e. The molecule has 0 spiro atoms. The largest absolute Gasteiger partial charge is 0.462 e. The zero-order valence-electron chi connectivity index (χ0n) is 26.7. The van der Waals surface area contributed by atoms with Gasteiger partial charge in [0.2, 0.25) is 5.88 Å². The van der Waals surface area contributed by atoms with Gasteiger partial charge in [0.05, 0.1) is 19.6 Å². The first-order valence-electron chi connectivity index (χ1n) is 16.3. The van der Waals surface area contributed by atoms with Crippen molar-refractivity contribution in [3.8, 4) is 0 Å². The van der Waals surface area contributed by atoms with Gasteiger partial charge >= 0.3 is 5.97 Å². The maximum Gasteiger partial charge on any atom is 0.340 e. The molecule has 5 nitrogen and oxygen atoms in total. The number of rotatable bonds is 8. The second-order valence-electron chi connectivity index (χ2n) is 11.9. The number of allylic oxidation sites excluding steroid dienone is 2. The fraction of sp³-hybridized carbons (Fsp3) is 0.143. The van der Waals surface area contributed by atoms with Gasteiger partial charge in [0.1, 0.15) is 11.3 Å². The monoisotopic (exact) mass is 649 g/mol. The van der Waals surface area contributed by atoms with E-state index in [-0.39, 0.29) is 29.8 Å². The van der Waals surface area contributed by atoms with E-state index in [0.29, 0.717) is 24.2 Å². The Labute approximate surface area is 281 Å². The Morgan fingerprint density at radius 1 is 0.688 bits per heavy atom. The number of carbonyl (C=O) groups is 2. The number of carbonyl (C=O) groups excluding carboxylic acids is 2. The molecule has 5 aromatic rings. The lowest BCUT2D eigenvalue weighted by molar-refractivity contribution is -0.139. The van der Waals surface area contributed by atoms with Crippen LogP contribution in [0.1, 0.15) is 42.7 Å². The van der Waals surface area contributed by atoms with Crippen molar-refractivity contribution in [3.63, 3.8) is 0 Å². The highest BCUT2D eigenvalue weighted by Gasteiger charge is 2.45. The summed E-state index contributed by atoms with van der Waals surface area (Å²) in [5.41, 5.74) is 2.66. The Morgan fingerprint density at radius 2 is 1.15 bits per heavy atom. The molecule has 0 fully saturated rings. The normalized spacial score (nSPS) is 17.7. The van der Waals surface area contributed by atoms with E-state index in [9.17, 15) is 9.59 Å². The quantitative estimate of drug-likeness (QED) is 0.126. The van der Waals surface area contributed by atoms with E-state index in [1.807, 2.05) is 103 Å². The van der Waals surface area contributed by atoms with Gasteiger partial charge in [-0.3, -0.25) is 4.79 Å². The summed E-state index contributed by atoms with van der Waals surface area (Å²) < 4.78 is 18.3. The predicted molar refractivity (Wildman–Crippen MR) is 192 cm³/mol. The highest BCUT2D eigenvalue weighted by Crippen LogP contribution is 2.53. The minimum absolute atomic E-state index is 0.0324. The number of ketones is 1. The molecule has 48 heavy (non-hydrogen) atoms. The topological polar surface area (TPSA) is 65.0 Å². The van der Waals surface area contributed by atoms with Gasteiger partial charge in [0.15, 0.2) is 5.78 Å². The van der Waals surface area contributed by atoms with E-state index in [2.05, 4.69) is 48.5 Å². The van der Waals surface area contributed by atoms with E-state index in [1.54, 1.807) is 6.92 Å². The number of ether oxygens (including phenoxy) is 2. The second kappa shape index (κ2) is 13.9. The van der Waals surface area contributed by atoms with Crippen molar-refractivity contribution in [1.82, 2.24) is 0 Å². The minimum atomic E-state index is -2.84. The molecule has 7 rings (SSSR count). The Kier molecular flexibility index (Phi) is 9.05. The SMILES string of the molecule is CCOC(=O)C1=C(N=P(c2ccccc2)(c2ccccc2)c2ccccc2)OC2=C(C(=O)CC(c3ccccc3)C2)C1c1ccccc1. The summed E-state index contributed by atoms with van der Waals surface area (Å²) in [7, 11) is -2.84. The van der Waals surface area contributed by atoms with E-state index < -0.39 is 18.9 Å². The number of benzene rings is 5. The molecule has 1 aliphatic heterocycles. The zero-order chi connectivity index (χ0) is 32.9. The van der Waals surface area contributed by atoms with Crippen molar-refractivity contribution < 1.29 is 19.1 Å². The maximum absolute atomic E-state index is 14.2. The lowest BCUT2D eigenvalue weighted by Gasteiger charge is -2.36. The first-order chi connectivity index (χ1) is 23.6. The summed E-state index contributed by atoms with van der Waals surface area (Å²) >= 11 is 0. The molecule has 1 heterocycles. The van der Waals surface area contributed by atoms with Gasteiger partial charge in [-0.25, -0.2) is 9.54 Å². The first-order valence-corrected chi connectivity index (χ1v) is 18.1. The van der Waals surface area contributed by atoms with E-state index in [4.69, 9.17) is 14.2 Å². The Hall–Kier alpha value is -5.25. The molecule has 0 aromatic heterocycles. The molecule has 2 unspecified atom stereocenters. The van der Waals surface area contributed by atoms with Crippen molar-refractivity contribution in [2.24, 2.45) is 4.74 Å². The van der Waals surface area contributed by atoms with Gasteiger partial charge in [-0.1, -0.05) is 152 Å². The van der Waals surface area contributed by atoms with E-state index >= 15 is 0 Å². The molecule has 5 aromatic carbocycles. The van der Waals surface area contributed by atoms with Crippen LogP contribution in [0.15, 0.2) is 179 Å². The van der Waals surface area contributed by atoms with Gasteiger partial charge in [0.25, 0.3) is 0 Å². The Morgan fingerprint density at radius 3 is 1.62 bits per heavy atom. The van der Waals surface area contributed by atoms with Crippen LogP contribution in [-0.2, 0) is 19.1 Å². The van der Waals surface area contributed by atoms with Crippen LogP contribution in [0.25, 0.3) is 0 Å². The molecule has 0 saturated carbocycles. The van der Waals surface area contributed by atoms with Crippen LogP contribution in [0.3, 0.4) is 0 Å². The molecular weight excluding hydrogens is 613 g/mol. The molecule has 0 radical (unpaired) electrons. The molecule has 6 heteroatoms. The fourth-order valence-corrected chi connectivity index (χ4v) is 10.3. The standard InChI is InChI=1S/C42H36NO4P/c1-2-46-42(45)40-38(31-20-10-4-11-21-31)39-36(44)28-32(30-18-8-3-9-19-30)29-37(39)47-41(40)43-48(33-22-12-5-13-23-33,34-24-14-6-15-25-34)35-26-16-7-17-27-35/h3-27,32,38H,2,28-29H2,1H3. The fourth-order valence-electron chi connectivity index (χ4n) is 6.87. The first kappa shape index (κ1) is 31.4. The summed E-state index contributed by atoms with van der Waals surface area (Å²) in [6.07, 6.45) is 0.837. The van der Waals surface area contributed by atoms with Gasteiger partial charge in [-0.2, -0.15) is 0 Å². The predicted octanol–water partition coefficient (Wildman–Crippen LogP) is 8.15. The second-order valence-corrected chi connectivity index (χ2v) is 14.9. The van der Waals surface area contributed by atoms with Crippen LogP contribution in [0, 0.1) is 0 Å². The van der Waals surface area contributed by atoms with Crippen LogP contribution < -0.4 is 15.9 Å². The molecular formula is C42H36NO4P. The van der Waals surface area contributed by atoms with Crippen molar-refractivity contribution in [2.75, 3.05) is 6.61 Å². The average molecular weight is 650 g/mol. The molecule has 0 saturated heterocycles. The van der Waals surface area contributed by atoms with Gasteiger partial charge in [0, 0.05) is 34.3 Å². The van der Waals surface area contributed by atoms with Crippen molar-refractivity contribution >= 4 is 34.7 Å². The summed E-state index contributed by atoms with van der Waals surface area (Å²) in [5, 5.41) is 3.04. The van der Waals surface area contributed by atoms with Crippen LogP contribution >= 0.6 is 7.05 Å². The summed E-state index contributed by atoms with van der Waals surface area (Å²) in [6, 6.07) is 50.5. The van der Waals surface area contributed by atoms with Crippen molar-refractivity contribution in [1.29, 1.82) is 0 Å². The summed E-state index contributed by atoms with van der Waals surface area (Å²) in [5.74, 6) is -0.560. The maximum atomic E-state index is 14.2. The summed E-state index contributed by atoms with van der Waals surface area (Å²) in [4.78, 5) is 28.5. The number of esters is 1. The van der Waals surface area contributed by atoms with Crippen LogP contribution in [0.2, 0.25) is 0 Å². The zero-order valence-corrected chi connectivity index (χ0v) is 27.6. The van der Waals surface area contributed by atoms with Crippen molar-refractivity contribution in [3.05, 3.63) is 186 Å². The number of nitrogens with zero attached hydrogens (tertiary/aromatic N) is 1. The molecule has 0 N–H and O–H groups in total. The third-order valence-corrected chi connectivity index (χ3v) is 12.6. The molecule has 0 bridgehead atoms. The summed E-state index contributed by atoms with van der Waals surface area (Å²) in [6.45, 7) is 1.95. The highest BCUT2D eigenvalue weighted by atomic mass is 31.2. The van der Waals surface area contributed by atoms with Crippen molar-refractivity contribution in [2.45, 2.75) is 31.6 Å². The molecule has 2 atom stereocenters. The average Bonchev–Trinajstić information content (AvgIpc) is 3.15. The van der Waals surface area contributed by atoms with E-state index in [0.717, 1.165) is 27.0 Å². The van der Waals surface area contributed by atoms with Crippen LogP contribution in [0.4, 0.5) is 0 Å². The number of Topliss-reactive ketones (excluding diaryl/α,β-unsaturated/α-hetero) is 1. The number of hydrogen-bond acceptors (Lipinski definition) is 5. The molecule has 238 valence electrons. The van der Waals surface area contributed by atoms with E-state index in [1.165, 1.54) is 0 Å². The number of hydrogen-bond donors (Lipinski definition) is 0. The lowest BCUT2D eigenvalue weighted by Crippen LogP contribution is -2.32. The molecule has 1 aliphatic carbocycles. The van der Waals surface area contributed by atoms with Gasteiger partial charge < -0.3 is 9.47 Å². The molecule has 2 aliphatic rings. The van der Waals surface area contributed by atoms with Gasteiger partial charge in [-0.05, 0) is 24.0 Å².